The van der Waals surface area contributed by atoms with Crippen molar-refractivity contribution in [1.29, 1.82) is 0 Å². The van der Waals surface area contributed by atoms with Gasteiger partial charge in [-0.25, -0.2) is 0 Å². The maximum absolute atomic E-state index is 13.1. The lowest BCUT2D eigenvalue weighted by Gasteiger charge is -2.19. The van der Waals surface area contributed by atoms with Gasteiger partial charge in [0, 0.05) is 19.1 Å². The van der Waals surface area contributed by atoms with E-state index in [-0.39, 0.29) is 12.1 Å². The molecule has 1 saturated heterocycles. The molecule has 0 aliphatic carbocycles. The summed E-state index contributed by atoms with van der Waals surface area (Å²) in [6, 6.07) is -0.0816. The second-order valence-electron chi connectivity index (χ2n) is 3.64. The fourth-order valence-corrected chi connectivity index (χ4v) is 1.57. The number of halogens is 1. The number of nitrogens with zero attached hydrogens (tertiary/aromatic N) is 1. The SMILES string of the molecule is CCCCN(F)CC1NCCC1O. The summed E-state index contributed by atoms with van der Waals surface area (Å²) in [5, 5.41) is 13.3. The van der Waals surface area contributed by atoms with Crippen LogP contribution in [-0.2, 0) is 0 Å². The summed E-state index contributed by atoms with van der Waals surface area (Å²) in [6.45, 7) is 3.62. The van der Waals surface area contributed by atoms with Gasteiger partial charge in [0.25, 0.3) is 0 Å². The first-order valence-corrected chi connectivity index (χ1v) is 5.06. The Morgan fingerprint density at radius 1 is 1.62 bits per heavy atom. The maximum atomic E-state index is 13.1. The topological polar surface area (TPSA) is 35.5 Å². The van der Waals surface area contributed by atoms with E-state index in [4.69, 9.17) is 0 Å². The van der Waals surface area contributed by atoms with E-state index in [1.807, 2.05) is 6.92 Å². The average molecular weight is 190 g/mol. The van der Waals surface area contributed by atoms with Gasteiger partial charge in [-0.1, -0.05) is 13.3 Å². The maximum Gasteiger partial charge on any atom is 0.0718 e. The highest BCUT2D eigenvalue weighted by atomic mass is 19.2. The average Bonchev–Trinajstić information content (AvgIpc) is 2.48. The van der Waals surface area contributed by atoms with Gasteiger partial charge in [0.15, 0.2) is 0 Å². The van der Waals surface area contributed by atoms with Crippen molar-refractivity contribution in [3.8, 4) is 0 Å². The molecule has 2 unspecified atom stereocenters. The number of aliphatic hydroxyl groups excluding tert-OH is 1. The van der Waals surface area contributed by atoms with Crippen molar-refractivity contribution in [1.82, 2.24) is 10.4 Å². The van der Waals surface area contributed by atoms with Crippen LogP contribution >= 0.6 is 0 Å². The molecule has 13 heavy (non-hydrogen) atoms. The predicted octanol–water partition coefficient (Wildman–Crippen LogP) is 0.696. The smallest absolute Gasteiger partial charge is 0.0718 e. The Morgan fingerprint density at radius 3 is 2.92 bits per heavy atom. The van der Waals surface area contributed by atoms with Gasteiger partial charge in [0.2, 0.25) is 0 Å². The lowest BCUT2D eigenvalue weighted by atomic mass is 10.2. The van der Waals surface area contributed by atoms with E-state index in [1.165, 1.54) is 0 Å². The van der Waals surface area contributed by atoms with Crippen LogP contribution in [0, 0.1) is 0 Å². The molecule has 0 aromatic rings. The highest BCUT2D eigenvalue weighted by Gasteiger charge is 2.26. The summed E-state index contributed by atoms with van der Waals surface area (Å²) in [5.41, 5.74) is 0. The molecule has 1 fully saturated rings. The molecule has 0 aromatic carbocycles. The molecule has 1 heterocycles. The minimum atomic E-state index is -0.375. The molecule has 0 spiro atoms. The predicted molar refractivity (Wildman–Crippen MR) is 50.0 cm³/mol. The van der Waals surface area contributed by atoms with E-state index in [1.54, 1.807) is 0 Å². The monoisotopic (exact) mass is 190 g/mol. The van der Waals surface area contributed by atoms with Gasteiger partial charge in [-0.15, -0.1) is 9.60 Å². The Bertz CT molecular complexity index is 146. The summed E-state index contributed by atoms with van der Waals surface area (Å²) in [5.74, 6) is 0. The third kappa shape index (κ3) is 3.58. The van der Waals surface area contributed by atoms with Gasteiger partial charge in [-0.2, -0.15) is 0 Å². The molecule has 0 saturated carbocycles. The van der Waals surface area contributed by atoms with Gasteiger partial charge < -0.3 is 10.4 Å². The minimum absolute atomic E-state index is 0.0816. The minimum Gasteiger partial charge on any atom is -0.391 e. The van der Waals surface area contributed by atoms with Crippen LogP contribution in [-0.4, -0.2) is 42.0 Å². The van der Waals surface area contributed by atoms with Crippen LogP contribution in [0.2, 0.25) is 0 Å². The molecule has 1 rings (SSSR count). The molecule has 0 bridgehead atoms. The molecule has 0 amide bonds. The molecule has 4 heteroatoms. The van der Waals surface area contributed by atoms with Crippen molar-refractivity contribution in [3.05, 3.63) is 0 Å². The second kappa shape index (κ2) is 5.52. The fraction of sp³-hybridized carbons (Fsp3) is 1.00. The molecule has 2 N–H and O–H groups in total. The van der Waals surface area contributed by atoms with Crippen molar-refractivity contribution in [3.63, 3.8) is 0 Å². The first-order valence-electron chi connectivity index (χ1n) is 5.06. The third-order valence-corrected chi connectivity index (χ3v) is 2.46. The standard InChI is InChI=1S/C9H19FN2O/c1-2-3-6-12(10)7-8-9(13)4-5-11-8/h8-9,11,13H,2-7H2,1H3. The molecular weight excluding hydrogens is 171 g/mol. The lowest BCUT2D eigenvalue weighted by molar-refractivity contribution is 0.000717. The zero-order chi connectivity index (χ0) is 9.68. The lowest BCUT2D eigenvalue weighted by Crippen LogP contribution is -2.39. The molecule has 1 aliphatic heterocycles. The molecule has 0 radical (unpaired) electrons. The highest BCUT2D eigenvalue weighted by molar-refractivity contribution is 4.84. The van der Waals surface area contributed by atoms with Crippen LogP contribution in [0.15, 0.2) is 0 Å². The quantitative estimate of drug-likeness (QED) is 0.626. The summed E-state index contributed by atoms with van der Waals surface area (Å²) in [4.78, 5) is 0. The largest absolute Gasteiger partial charge is 0.391 e. The summed E-state index contributed by atoms with van der Waals surface area (Å²) < 4.78 is 13.1. The van der Waals surface area contributed by atoms with Gasteiger partial charge >= 0.3 is 0 Å². The van der Waals surface area contributed by atoms with E-state index in [9.17, 15) is 9.59 Å². The summed E-state index contributed by atoms with van der Waals surface area (Å²) >= 11 is 0. The van der Waals surface area contributed by atoms with E-state index in [0.29, 0.717) is 13.1 Å². The Hall–Kier alpha value is -0.190. The zero-order valence-corrected chi connectivity index (χ0v) is 8.17. The van der Waals surface area contributed by atoms with E-state index in [0.717, 1.165) is 30.9 Å². The number of unbranched alkanes of at least 4 members (excludes halogenated alkanes) is 1. The van der Waals surface area contributed by atoms with Crippen LogP contribution < -0.4 is 5.32 Å². The molecule has 78 valence electrons. The van der Waals surface area contributed by atoms with Crippen molar-refractivity contribution in [2.75, 3.05) is 19.6 Å². The molecular formula is C9H19FN2O. The normalized spacial score (nSPS) is 28.6. The van der Waals surface area contributed by atoms with Gasteiger partial charge in [0.1, 0.15) is 0 Å². The number of nitrogens with one attached hydrogen (secondary N) is 1. The van der Waals surface area contributed by atoms with Crippen molar-refractivity contribution in [2.45, 2.75) is 38.3 Å². The number of hydrogen-bond acceptors (Lipinski definition) is 3. The Labute approximate surface area is 78.9 Å². The molecule has 2 atom stereocenters. The van der Waals surface area contributed by atoms with Crippen molar-refractivity contribution >= 4 is 0 Å². The van der Waals surface area contributed by atoms with Gasteiger partial charge in [-0.3, -0.25) is 0 Å². The Balaban J connectivity index is 2.15. The van der Waals surface area contributed by atoms with Gasteiger partial charge in [-0.05, 0) is 19.4 Å². The number of aliphatic hydroxyl groups is 1. The van der Waals surface area contributed by atoms with Crippen LogP contribution in [0.4, 0.5) is 4.48 Å². The molecule has 1 aliphatic rings. The van der Waals surface area contributed by atoms with Crippen LogP contribution in [0.1, 0.15) is 26.2 Å². The summed E-state index contributed by atoms with van der Waals surface area (Å²) in [6.07, 6.45) is 2.24. The van der Waals surface area contributed by atoms with Crippen LogP contribution in [0.5, 0.6) is 0 Å². The highest BCUT2D eigenvalue weighted by Crippen LogP contribution is 2.09. The van der Waals surface area contributed by atoms with E-state index < -0.39 is 0 Å². The van der Waals surface area contributed by atoms with E-state index in [2.05, 4.69) is 5.32 Å². The Kier molecular flexibility index (Phi) is 4.62. The Morgan fingerprint density at radius 2 is 2.38 bits per heavy atom. The first kappa shape index (κ1) is 10.9. The van der Waals surface area contributed by atoms with Crippen LogP contribution in [0.25, 0.3) is 0 Å². The van der Waals surface area contributed by atoms with Crippen molar-refractivity contribution < 1.29 is 9.59 Å². The number of rotatable bonds is 5. The zero-order valence-electron chi connectivity index (χ0n) is 8.17. The van der Waals surface area contributed by atoms with E-state index >= 15 is 0 Å². The van der Waals surface area contributed by atoms with Crippen molar-refractivity contribution in [2.24, 2.45) is 0 Å². The molecule has 3 nitrogen and oxygen atoms in total. The van der Waals surface area contributed by atoms with Crippen LogP contribution in [0.3, 0.4) is 0 Å². The first-order chi connectivity index (χ1) is 6.24. The summed E-state index contributed by atoms with van der Waals surface area (Å²) in [7, 11) is 0. The second-order valence-corrected chi connectivity index (χ2v) is 3.64. The van der Waals surface area contributed by atoms with Gasteiger partial charge in [0.05, 0.1) is 6.10 Å². The third-order valence-electron chi connectivity index (χ3n) is 2.46. The molecule has 0 aromatic heterocycles. The fourth-order valence-electron chi connectivity index (χ4n) is 1.57. The number of hydrogen-bond donors (Lipinski definition) is 2.